The molecule has 1 aromatic rings. The van der Waals surface area contributed by atoms with E-state index in [-0.39, 0.29) is 16.8 Å². The van der Waals surface area contributed by atoms with Crippen LogP contribution in [-0.2, 0) is 14.8 Å². The summed E-state index contributed by atoms with van der Waals surface area (Å²) < 4.78 is 27.0. The molecule has 0 radical (unpaired) electrons. The van der Waals surface area contributed by atoms with Crippen LogP contribution in [0.4, 0.5) is 5.69 Å². The fourth-order valence-electron chi connectivity index (χ4n) is 1.77. The van der Waals surface area contributed by atoms with Crippen LogP contribution in [0.2, 0.25) is 0 Å². The summed E-state index contributed by atoms with van der Waals surface area (Å²) in [6.45, 7) is 3.70. The highest BCUT2D eigenvalue weighted by molar-refractivity contribution is 7.89. The monoisotopic (exact) mass is 311 g/mol. The van der Waals surface area contributed by atoms with E-state index in [9.17, 15) is 13.2 Å². The van der Waals surface area contributed by atoms with Crippen molar-refractivity contribution in [2.75, 3.05) is 5.32 Å². The predicted octanol–water partition coefficient (Wildman–Crippen LogP) is 1.19. The minimum Gasteiger partial charge on any atom is -0.324 e. The van der Waals surface area contributed by atoms with Crippen LogP contribution in [0, 0.1) is 0 Å². The Kier molecular flexibility index (Phi) is 4.36. The average Bonchev–Trinajstić information content (AvgIpc) is 3.18. The molecule has 1 amide bonds. The summed E-state index contributed by atoms with van der Waals surface area (Å²) in [7, 11) is -3.58. The first-order valence-corrected chi connectivity index (χ1v) is 8.48. The summed E-state index contributed by atoms with van der Waals surface area (Å²) in [6.07, 6.45) is 2.02. The lowest BCUT2D eigenvalue weighted by molar-refractivity contribution is -0.118. The Balaban J connectivity index is 2.15. The van der Waals surface area contributed by atoms with E-state index in [4.69, 9.17) is 5.73 Å². The highest BCUT2D eigenvalue weighted by Crippen LogP contribution is 2.33. The van der Waals surface area contributed by atoms with E-state index >= 15 is 0 Å². The number of hydrogen-bond donors (Lipinski definition) is 3. The van der Waals surface area contributed by atoms with Crippen molar-refractivity contribution in [3.05, 3.63) is 24.3 Å². The van der Waals surface area contributed by atoms with Gasteiger partial charge in [0.1, 0.15) is 0 Å². The normalized spacial score (nSPS) is 18.0. The van der Waals surface area contributed by atoms with Gasteiger partial charge < -0.3 is 11.1 Å². The molecule has 0 heterocycles. The van der Waals surface area contributed by atoms with E-state index in [1.807, 2.05) is 6.92 Å². The van der Waals surface area contributed by atoms with Gasteiger partial charge in [0.05, 0.1) is 10.4 Å². The zero-order chi connectivity index (χ0) is 15.7. The summed E-state index contributed by atoms with van der Waals surface area (Å²) in [5.74, 6) is -0.271. The lowest BCUT2D eigenvalue weighted by Gasteiger charge is -2.14. The van der Waals surface area contributed by atoms with Crippen LogP contribution in [-0.4, -0.2) is 25.9 Å². The number of sulfonamides is 1. The molecule has 1 aliphatic carbocycles. The van der Waals surface area contributed by atoms with Gasteiger partial charge in [-0.25, -0.2) is 13.1 Å². The van der Waals surface area contributed by atoms with Gasteiger partial charge in [0.2, 0.25) is 15.9 Å². The smallest absolute Gasteiger partial charge is 0.244 e. The Morgan fingerprint density at radius 1 is 1.43 bits per heavy atom. The first-order valence-electron chi connectivity index (χ1n) is 6.99. The third-order valence-corrected chi connectivity index (χ3v) is 5.20. The van der Waals surface area contributed by atoms with E-state index in [0.29, 0.717) is 24.9 Å². The lowest BCUT2D eigenvalue weighted by Crippen LogP contribution is -2.37. The largest absolute Gasteiger partial charge is 0.324 e. The molecule has 1 aromatic carbocycles. The quantitative estimate of drug-likeness (QED) is 0.734. The van der Waals surface area contributed by atoms with Crippen LogP contribution in [0.25, 0.3) is 0 Å². The highest BCUT2D eigenvalue weighted by atomic mass is 32.2. The van der Waals surface area contributed by atoms with E-state index in [0.717, 1.165) is 0 Å². The second kappa shape index (κ2) is 5.75. The Morgan fingerprint density at radius 3 is 2.67 bits per heavy atom. The zero-order valence-corrected chi connectivity index (χ0v) is 13.0. The van der Waals surface area contributed by atoms with Crippen molar-refractivity contribution in [1.29, 1.82) is 0 Å². The molecular weight excluding hydrogens is 290 g/mol. The van der Waals surface area contributed by atoms with Gasteiger partial charge in [0.25, 0.3) is 0 Å². The number of nitrogens with two attached hydrogens (primary N) is 1. The van der Waals surface area contributed by atoms with Crippen molar-refractivity contribution in [1.82, 2.24) is 4.72 Å². The van der Waals surface area contributed by atoms with Gasteiger partial charge in [0.15, 0.2) is 0 Å². The van der Waals surface area contributed by atoms with Crippen molar-refractivity contribution < 1.29 is 13.2 Å². The van der Waals surface area contributed by atoms with Gasteiger partial charge >= 0.3 is 0 Å². The second-order valence-electron chi connectivity index (χ2n) is 5.57. The molecule has 1 saturated carbocycles. The Bertz CT molecular complexity index is 639. The molecule has 1 aliphatic rings. The maximum Gasteiger partial charge on any atom is 0.244 e. The molecule has 7 heteroatoms. The Hall–Kier alpha value is -1.44. The van der Waals surface area contributed by atoms with Crippen LogP contribution in [0.3, 0.4) is 0 Å². The second-order valence-corrected chi connectivity index (χ2v) is 7.28. The van der Waals surface area contributed by atoms with Gasteiger partial charge in [-0.15, -0.1) is 0 Å². The average molecular weight is 311 g/mol. The van der Waals surface area contributed by atoms with E-state index in [1.165, 1.54) is 12.1 Å². The summed E-state index contributed by atoms with van der Waals surface area (Å²) in [4.78, 5) is 12.0. The summed E-state index contributed by atoms with van der Waals surface area (Å²) in [6, 6.07) is 6.03. The fourth-order valence-corrected chi connectivity index (χ4v) is 3.15. The molecule has 2 rings (SSSR count). The molecule has 1 atom stereocenters. The summed E-state index contributed by atoms with van der Waals surface area (Å²) in [5, 5.41) is 2.67. The zero-order valence-electron chi connectivity index (χ0n) is 12.2. The van der Waals surface area contributed by atoms with Gasteiger partial charge in [-0.3, -0.25) is 4.79 Å². The molecule has 116 valence electrons. The maximum atomic E-state index is 12.2. The van der Waals surface area contributed by atoms with Crippen molar-refractivity contribution >= 4 is 21.6 Å². The lowest BCUT2D eigenvalue weighted by atomic mass is 10.2. The van der Waals surface area contributed by atoms with Crippen molar-refractivity contribution in [3.8, 4) is 0 Å². The standard InChI is InChI=1S/C14H21N3O3S/c1-3-10(2)17-21(19,20)12-6-4-5-11(9-12)16-13(18)14(15)7-8-14/h4-6,9-10,17H,3,7-8,15H2,1-2H3,(H,16,18). The number of nitrogens with one attached hydrogen (secondary N) is 2. The SMILES string of the molecule is CCC(C)NS(=O)(=O)c1cccc(NC(=O)C2(N)CC2)c1. The Morgan fingerprint density at radius 2 is 2.10 bits per heavy atom. The van der Waals surface area contributed by atoms with E-state index < -0.39 is 15.6 Å². The van der Waals surface area contributed by atoms with Gasteiger partial charge in [-0.05, 0) is 44.4 Å². The number of benzene rings is 1. The molecule has 0 spiro atoms. The van der Waals surface area contributed by atoms with Crippen LogP contribution in [0.15, 0.2) is 29.2 Å². The first-order chi connectivity index (χ1) is 9.77. The van der Waals surface area contributed by atoms with E-state index in [1.54, 1.807) is 19.1 Å². The molecule has 21 heavy (non-hydrogen) atoms. The number of hydrogen-bond acceptors (Lipinski definition) is 4. The van der Waals surface area contributed by atoms with Crippen LogP contribution < -0.4 is 15.8 Å². The molecule has 0 aliphatic heterocycles. The fraction of sp³-hybridized carbons (Fsp3) is 0.500. The number of carbonyl (C=O) groups is 1. The summed E-state index contributed by atoms with van der Waals surface area (Å²) >= 11 is 0. The van der Waals surface area contributed by atoms with E-state index in [2.05, 4.69) is 10.0 Å². The predicted molar refractivity (Wildman–Crippen MR) is 81.3 cm³/mol. The van der Waals surface area contributed by atoms with Crippen LogP contribution >= 0.6 is 0 Å². The van der Waals surface area contributed by atoms with Crippen LogP contribution in [0.5, 0.6) is 0 Å². The molecule has 0 aromatic heterocycles. The molecule has 6 nitrogen and oxygen atoms in total. The third-order valence-electron chi connectivity index (χ3n) is 3.61. The molecule has 1 unspecified atom stereocenters. The Labute approximate surface area is 125 Å². The number of amides is 1. The third kappa shape index (κ3) is 3.81. The van der Waals surface area contributed by atoms with Gasteiger partial charge in [-0.2, -0.15) is 0 Å². The molecule has 4 N–H and O–H groups in total. The highest BCUT2D eigenvalue weighted by Gasteiger charge is 2.45. The summed E-state index contributed by atoms with van der Waals surface area (Å²) in [5.41, 5.74) is 5.45. The number of carbonyl (C=O) groups excluding carboxylic acids is 1. The minimum absolute atomic E-state index is 0.127. The topological polar surface area (TPSA) is 101 Å². The number of anilines is 1. The van der Waals surface area contributed by atoms with Crippen molar-refractivity contribution in [2.24, 2.45) is 5.73 Å². The minimum atomic E-state index is -3.58. The molecule has 0 saturated heterocycles. The van der Waals surface area contributed by atoms with Crippen LogP contribution in [0.1, 0.15) is 33.1 Å². The first kappa shape index (κ1) is 15.9. The van der Waals surface area contributed by atoms with Crippen molar-refractivity contribution in [2.45, 2.75) is 49.6 Å². The maximum absolute atomic E-state index is 12.2. The van der Waals surface area contributed by atoms with Gasteiger partial charge in [-0.1, -0.05) is 13.0 Å². The molecular formula is C14H21N3O3S. The molecule has 0 bridgehead atoms. The van der Waals surface area contributed by atoms with Crippen molar-refractivity contribution in [3.63, 3.8) is 0 Å². The molecule has 1 fully saturated rings. The van der Waals surface area contributed by atoms with Gasteiger partial charge in [0, 0.05) is 11.7 Å². The number of rotatable bonds is 6.